The van der Waals surface area contributed by atoms with E-state index in [-0.39, 0.29) is 11.4 Å². The standard InChI is InChI=1S/C19H20BrClN4O/c1-19(24-18(26)17-15(21)3-2-6-22-17)7-12-10-25(11-13(12)8-19)16-5-4-14(20)9-23-16/h2-6,9,12-13H,7-8,10-11H2,1H3,(H,24,26)/t12-,13+,19?. The van der Waals surface area contributed by atoms with Crippen LogP contribution in [0.4, 0.5) is 5.82 Å². The summed E-state index contributed by atoms with van der Waals surface area (Å²) in [5.41, 5.74) is 0.0834. The summed E-state index contributed by atoms with van der Waals surface area (Å²) in [7, 11) is 0. The van der Waals surface area contributed by atoms with Crippen molar-refractivity contribution < 1.29 is 4.79 Å². The van der Waals surface area contributed by atoms with Crippen LogP contribution in [0.5, 0.6) is 0 Å². The molecule has 0 radical (unpaired) electrons. The van der Waals surface area contributed by atoms with Gasteiger partial charge in [-0.1, -0.05) is 11.6 Å². The molecule has 2 aromatic heterocycles. The molecular formula is C19H20BrClN4O. The summed E-state index contributed by atoms with van der Waals surface area (Å²) in [6, 6.07) is 7.50. The summed E-state index contributed by atoms with van der Waals surface area (Å²) in [6.07, 6.45) is 5.35. The number of aromatic nitrogens is 2. The van der Waals surface area contributed by atoms with Crippen molar-refractivity contribution in [1.29, 1.82) is 0 Å². The topological polar surface area (TPSA) is 58.1 Å². The predicted octanol–water partition coefficient (Wildman–Crippen LogP) is 3.93. The summed E-state index contributed by atoms with van der Waals surface area (Å²) in [6.45, 7) is 4.09. The second-order valence-electron chi connectivity index (χ2n) is 7.52. The molecule has 1 saturated carbocycles. The number of rotatable bonds is 3. The number of amides is 1. The summed E-state index contributed by atoms with van der Waals surface area (Å²) in [5, 5.41) is 3.57. The third-order valence-electron chi connectivity index (χ3n) is 5.43. The van der Waals surface area contributed by atoms with Crippen LogP contribution in [0.25, 0.3) is 0 Å². The first-order valence-electron chi connectivity index (χ1n) is 8.73. The Labute approximate surface area is 166 Å². The van der Waals surface area contributed by atoms with Crippen molar-refractivity contribution in [3.05, 3.63) is 51.8 Å². The number of carbonyl (C=O) groups is 1. The molecule has 2 fully saturated rings. The highest BCUT2D eigenvalue weighted by atomic mass is 79.9. The largest absolute Gasteiger partial charge is 0.356 e. The maximum atomic E-state index is 12.6. The summed E-state index contributed by atoms with van der Waals surface area (Å²) in [4.78, 5) is 23.6. The Balaban J connectivity index is 1.41. The van der Waals surface area contributed by atoms with Crippen LogP contribution in [0.3, 0.4) is 0 Å². The smallest absolute Gasteiger partial charge is 0.271 e. The fraction of sp³-hybridized carbons (Fsp3) is 0.421. The van der Waals surface area contributed by atoms with Crippen molar-refractivity contribution in [3.8, 4) is 0 Å². The fourth-order valence-electron chi connectivity index (χ4n) is 4.37. The van der Waals surface area contributed by atoms with Gasteiger partial charge in [-0.05, 0) is 71.8 Å². The number of pyridine rings is 2. The zero-order valence-corrected chi connectivity index (χ0v) is 16.8. The molecule has 1 saturated heterocycles. The summed E-state index contributed by atoms with van der Waals surface area (Å²) < 4.78 is 0.990. The van der Waals surface area contributed by atoms with Gasteiger partial charge in [0.25, 0.3) is 5.91 Å². The van der Waals surface area contributed by atoms with Gasteiger partial charge >= 0.3 is 0 Å². The van der Waals surface area contributed by atoms with Crippen molar-refractivity contribution in [2.75, 3.05) is 18.0 Å². The molecule has 1 amide bonds. The number of halogens is 2. The molecule has 2 aliphatic rings. The second kappa shape index (κ2) is 6.82. The van der Waals surface area contributed by atoms with Gasteiger partial charge in [0, 0.05) is 35.5 Å². The van der Waals surface area contributed by atoms with Gasteiger partial charge in [0.15, 0.2) is 0 Å². The van der Waals surface area contributed by atoms with Gasteiger partial charge in [0.1, 0.15) is 11.5 Å². The van der Waals surface area contributed by atoms with E-state index in [1.54, 1.807) is 18.3 Å². The van der Waals surface area contributed by atoms with Crippen molar-refractivity contribution in [2.24, 2.45) is 11.8 Å². The maximum Gasteiger partial charge on any atom is 0.271 e. The van der Waals surface area contributed by atoms with E-state index >= 15 is 0 Å². The molecule has 2 aromatic rings. The molecular weight excluding hydrogens is 416 g/mol. The molecule has 136 valence electrons. The lowest BCUT2D eigenvalue weighted by atomic mass is 9.97. The fourth-order valence-corrected chi connectivity index (χ4v) is 4.81. The molecule has 0 spiro atoms. The van der Waals surface area contributed by atoms with E-state index < -0.39 is 0 Å². The van der Waals surface area contributed by atoms with Crippen molar-refractivity contribution in [1.82, 2.24) is 15.3 Å². The highest BCUT2D eigenvalue weighted by Gasteiger charge is 2.47. The zero-order valence-electron chi connectivity index (χ0n) is 14.5. The molecule has 1 N–H and O–H groups in total. The quantitative estimate of drug-likeness (QED) is 0.794. The molecule has 1 unspecified atom stereocenters. The first-order chi connectivity index (χ1) is 12.4. The highest BCUT2D eigenvalue weighted by Crippen LogP contribution is 2.44. The molecule has 26 heavy (non-hydrogen) atoms. The van der Waals surface area contributed by atoms with Crippen LogP contribution in [0, 0.1) is 11.8 Å². The average molecular weight is 436 g/mol. The number of nitrogens with zero attached hydrogens (tertiary/aromatic N) is 3. The third kappa shape index (κ3) is 3.45. The number of nitrogens with one attached hydrogen (secondary N) is 1. The molecule has 0 bridgehead atoms. The van der Waals surface area contributed by atoms with Crippen LogP contribution >= 0.6 is 27.5 Å². The van der Waals surface area contributed by atoms with E-state index in [9.17, 15) is 4.79 Å². The van der Waals surface area contributed by atoms with Gasteiger partial charge in [0.05, 0.1) is 5.02 Å². The SMILES string of the molecule is CC1(NC(=O)c2ncccc2Cl)C[C@H]2CN(c3ccc(Br)cn3)C[C@H]2C1. The molecule has 1 aliphatic carbocycles. The Hall–Kier alpha value is -1.66. The van der Waals surface area contributed by atoms with Gasteiger partial charge in [-0.2, -0.15) is 0 Å². The van der Waals surface area contributed by atoms with Crippen LogP contribution in [-0.2, 0) is 0 Å². The van der Waals surface area contributed by atoms with E-state index in [2.05, 4.69) is 49.1 Å². The minimum atomic E-state index is -0.216. The van der Waals surface area contributed by atoms with Gasteiger partial charge < -0.3 is 10.2 Å². The van der Waals surface area contributed by atoms with Crippen LogP contribution < -0.4 is 10.2 Å². The normalized spacial score (nSPS) is 27.4. The van der Waals surface area contributed by atoms with Crippen molar-refractivity contribution in [3.63, 3.8) is 0 Å². The average Bonchev–Trinajstić information content (AvgIpc) is 3.10. The molecule has 3 heterocycles. The lowest BCUT2D eigenvalue weighted by Crippen LogP contribution is -2.45. The van der Waals surface area contributed by atoms with Crippen LogP contribution in [0.1, 0.15) is 30.3 Å². The van der Waals surface area contributed by atoms with Gasteiger partial charge in [-0.25, -0.2) is 9.97 Å². The molecule has 4 rings (SSSR count). The Bertz CT molecular complexity index is 815. The lowest BCUT2D eigenvalue weighted by Gasteiger charge is -2.28. The van der Waals surface area contributed by atoms with Gasteiger partial charge in [-0.15, -0.1) is 0 Å². The monoisotopic (exact) mass is 434 g/mol. The summed E-state index contributed by atoms with van der Waals surface area (Å²) in [5.74, 6) is 1.95. The van der Waals surface area contributed by atoms with Crippen LogP contribution in [0.15, 0.2) is 41.1 Å². The number of anilines is 1. The first-order valence-corrected chi connectivity index (χ1v) is 9.90. The van der Waals surface area contributed by atoms with E-state index in [1.165, 1.54) is 0 Å². The number of hydrogen-bond donors (Lipinski definition) is 1. The lowest BCUT2D eigenvalue weighted by molar-refractivity contribution is 0.0900. The van der Waals surface area contributed by atoms with E-state index in [1.807, 2.05) is 12.3 Å². The Morgan fingerprint density at radius 2 is 2.00 bits per heavy atom. The Morgan fingerprint density at radius 1 is 1.27 bits per heavy atom. The van der Waals surface area contributed by atoms with E-state index in [0.717, 1.165) is 36.2 Å². The molecule has 5 nitrogen and oxygen atoms in total. The van der Waals surface area contributed by atoms with E-state index in [4.69, 9.17) is 11.6 Å². The van der Waals surface area contributed by atoms with Gasteiger partial charge in [-0.3, -0.25) is 4.79 Å². The number of hydrogen-bond acceptors (Lipinski definition) is 4. The highest BCUT2D eigenvalue weighted by molar-refractivity contribution is 9.10. The van der Waals surface area contributed by atoms with E-state index in [0.29, 0.717) is 22.6 Å². The predicted molar refractivity (Wildman–Crippen MR) is 105 cm³/mol. The van der Waals surface area contributed by atoms with Crippen LogP contribution in [-0.4, -0.2) is 34.5 Å². The first kappa shape index (κ1) is 17.7. The number of carbonyl (C=O) groups excluding carboxylic acids is 1. The molecule has 7 heteroatoms. The zero-order chi connectivity index (χ0) is 18.3. The minimum Gasteiger partial charge on any atom is -0.356 e. The third-order valence-corrected chi connectivity index (χ3v) is 6.20. The Kier molecular flexibility index (Phi) is 4.65. The van der Waals surface area contributed by atoms with Crippen molar-refractivity contribution >= 4 is 39.3 Å². The number of fused-ring (bicyclic) bond motifs is 1. The van der Waals surface area contributed by atoms with Gasteiger partial charge in [0.2, 0.25) is 0 Å². The Morgan fingerprint density at radius 3 is 2.62 bits per heavy atom. The molecule has 0 aromatic carbocycles. The maximum absolute atomic E-state index is 12.6. The summed E-state index contributed by atoms with van der Waals surface area (Å²) >= 11 is 9.53. The second-order valence-corrected chi connectivity index (χ2v) is 8.84. The molecule has 3 atom stereocenters. The van der Waals surface area contributed by atoms with Crippen molar-refractivity contribution in [2.45, 2.75) is 25.3 Å². The molecule has 1 aliphatic heterocycles. The van der Waals surface area contributed by atoms with Crippen LogP contribution in [0.2, 0.25) is 5.02 Å². The minimum absolute atomic E-state index is 0.190.